The molecule has 0 unspecified atom stereocenters. The number of terminal acetylenes is 1. The first-order chi connectivity index (χ1) is 7.41. The molecule has 0 fully saturated rings. The lowest BCUT2D eigenvalue weighted by atomic mass is 10.2. The fourth-order valence-electron chi connectivity index (χ4n) is 1.40. The third-order valence-electron chi connectivity index (χ3n) is 2.22. The Bertz CT molecular complexity index is 509. The molecular formula is C11H14N2O2S. The molecule has 0 radical (unpaired) electrons. The molecule has 0 heterocycles. The summed E-state index contributed by atoms with van der Waals surface area (Å²) < 4.78 is 25.3. The highest BCUT2D eigenvalue weighted by atomic mass is 32.2. The standard InChI is InChI=1S/C11H14N2O2S/c1-4-8-13(3)16(14,15)11-9(2)6-5-7-10(11)12/h1,5-7H,8,12H2,2-3H3. The Balaban J connectivity index is 3.34. The van der Waals surface area contributed by atoms with Gasteiger partial charge in [-0.15, -0.1) is 6.42 Å². The molecule has 0 saturated heterocycles. The van der Waals surface area contributed by atoms with Crippen LogP contribution in [-0.4, -0.2) is 26.3 Å². The van der Waals surface area contributed by atoms with Crippen molar-refractivity contribution in [3.05, 3.63) is 23.8 Å². The van der Waals surface area contributed by atoms with Gasteiger partial charge in [-0.1, -0.05) is 18.1 Å². The Morgan fingerprint density at radius 2 is 2.12 bits per heavy atom. The van der Waals surface area contributed by atoms with E-state index in [1.807, 2.05) is 0 Å². The molecule has 0 spiro atoms. The van der Waals surface area contributed by atoms with E-state index in [9.17, 15) is 8.42 Å². The Kier molecular flexibility index (Phi) is 3.58. The van der Waals surface area contributed by atoms with Crippen LogP contribution in [0.5, 0.6) is 0 Å². The molecule has 86 valence electrons. The average molecular weight is 238 g/mol. The second-order valence-electron chi connectivity index (χ2n) is 3.46. The van der Waals surface area contributed by atoms with Crippen molar-refractivity contribution < 1.29 is 8.42 Å². The van der Waals surface area contributed by atoms with Crippen LogP contribution in [0.3, 0.4) is 0 Å². The molecule has 1 aromatic carbocycles. The van der Waals surface area contributed by atoms with E-state index in [4.69, 9.17) is 12.2 Å². The van der Waals surface area contributed by atoms with Gasteiger partial charge in [-0.25, -0.2) is 8.42 Å². The van der Waals surface area contributed by atoms with E-state index < -0.39 is 10.0 Å². The number of nitrogens with zero attached hydrogens (tertiary/aromatic N) is 1. The predicted octanol–water partition coefficient (Wildman–Crippen LogP) is 0.831. The zero-order valence-corrected chi connectivity index (χ0v) is 10.1. The van der Waals surface area contributed by atoms with Gasteiger partial charge in [0.25, 0.3) is 0 Å². The number of nitrogens with two attached hydrogens (primary N) is 1. The molecule has 1 aromatic rings. The predicted molar refractivity (Wildman–Crippen MR) is 64.2 cm³/mol. The minimum atomic E-state index is -3.60. The first kappa shape index (κ1) is 12.6. The minimum absolute atomic E-state index is 0.0239. The number of hydrogen-bond acceptors (Lipinski definition) is 3. The largest absolute Gasteiger partial charge is 0.398 e. The van der Waals surface area contributed by atoms with Gasteiger partial charge in [0.15, 0.2) is 0 Å². The molecule has 16 heavy (non-hydrogen) atoms. The zero-order chi connectivity index (χ0) is 12.3. The normalized spacial score (nSPS) is 11.4. The van der Waals surface area contributed by atoms with Crippen molar-refractivity contribution in [2.75, 3.05) is 19.3 Å². The van der Waals surface area contributed by atoms with Crippen LogP contribution >= 0.6 is 0 Å². The van der Waals surface area contributed by atoms with Crippen LogP contribution in [0, 0.1) is 19.3 Å². The maximum absolute atomic E-state index is 12.1. The Morgan fingerprint density at radius 1 is 1.50 bits per heavy atom. The maximum Gasteiger partial charge on any atom is 0.246 e. The number of anilines is 1. The van der Waals surface area contributed by atoms with E-state index >= 15 is 0 Å². The SMILES string of the molecule is C#CCN(C)S(=O)(=O)c1c(C)cccc1N. The van der Waals surface area contributed by atoms with Gasteiger partial charge >= 0.3 is 0 Å². The lowest BCUT2D eigenvalue weighted by Crippen LogP contribution is -2.28. The van der Waals surface area contributed by atoms with Gasteiger partial charge in [0, 0.05) is 7.05 Å². The first-order valence-electron chi connectivity index (χ1n) is 4.66. The summed E-state index contributed by atoms with van der Waals surface area (Å²) in [6, 6.07) is 4.97. The number of benzene rings is 1. The zero-order valence-electron chi connectivity index (χ0n) is 9.27. The van der Waals surface area contributed by atoms with Crippen molar-refractivity contribution in [2.24, 2.45) is 0 Å². The first-order valence-corrected chi connectivity index (χ1v) is 6.10. The number of nitrogen functional groups attached to an aromatic ring is 1. The number of hydrogen-bond donors (Lipinski definition) is 1. The van der Waals surface area contributed by atoms with Crippen LogP contribution in [0.25, 0.3) is 0 Å². The van der Waals surface area contributed by atoms with Crippen LogP contribution in [0.1, 0.15) is 5.56 Å². The molecule has 1 rings (SSSR count). The van der Waals surface area contributed by atoms with Crippen LogP contribution in [0.4, 0.5) is 5.69 Å². The lowest BCUT2D eigenvalue weighted by Gasteiger charge is -2.17. The van der Waals surface area contributed by atoms with E-state index in [-0.39, 0.29) is 17.1 Å². The number of rotatable bonds is 3. The molecule has 0 aliphatic rings. The van der Waals surface area contributed by atoms with Crippen molar-refractivity contribution in [2.45, 2.75) is 11.8 Å². The minimum Gasteiger partial charge on any atom is -0.398 e. The summed E-state index contributed by atoms with van der Waals surface area (Å²) >= 11 is 0. The Morgan fingerprint density at radius 3 is 2.62 bits per heavy atom. The molecule has 0 amide bonds. The Labute approximate surface area is 96.1 Å². The van der Waals surface area contributed by atoms with E-state index in [0.717, 1.165) is 4.31 Å². The van der Waals surface area contributed by atoms with Gasteiger partial charge in [0.05, 0.1) is 12.2 Å². The monoisotopic (exact) mass is 238 g/mol. The topological polar surface area (TPSA) is 63.4 Å². The average Bonchev–Trinajstić information content (AvgIpc) is 2.17. The van der Waals surface area contributed by atoms with Crippen molar-refractivity contribution in [1.82, 2.24) is 4.31 Å². The van der Waals surface area contributed by atoms with Gasteiger partial charge in [0.2, 0.25) is 10.0 Å². The summed E-state index contributed by atoms with van der Waals surface area (Å²) in [6.45, 7) is 1.73. The van der Waals surface area contributed by atoms with E-state index in [2.05, 4.69) is 5.92 Å². The third kappa shape index (κ3) is 2.18. The smallest absolute Gasteiger partial charge is 0.246 e. The fraction of sp³-hybridized carbons (Fsp3) is 0.273. The van der Waals surface area contributed by atoms with Crippen molar-refractivity contribution in [3.63, 3.8) is 0 Å². The van der Waals surface area contributed by atoms with Gasteiger partial charge in [-0.05, 0) is 18.6 Å². The summed E-state index contributed by atoms with van der Waals surface area (Å²) in [5, 5.41) is 0. The Hall–Kier alpha value is -1.51. The highest BCUT2D eigenvalue weighted by molar-refractivity contribution is 7.89. The fourth-order valence-corrected chi connectivity index (χ4v) is 2.79. The molecule has 2 N–H and O–H groups in total. The lowest BCUT2D eigenvalue weighted by molar-refractivity contribution is 0.503. The summed E-state index contributed by atoms with van der Waals surface area (Å²) in [6.07, 6.45) is 5.09. The van der Waals surface area contributed by atoms with Gasteiger partial charge in [0.1, 0.15) is 4.90 Å². The maximum atomic E-state index is 12.1. The molecule has 4 nitrogen and oxygen atoms in total. The van der Waals surface area contributed by atoms with Crippen LogP contribution in [0.15, 0.2) is 23.1 Å². The second-order valence-corrected chi connectivity index (χ2v) is 5.44. The second kappa shape index (κ2) is 4.56. The summed E-state index contributed by atoms with van der Waals surface area (Å²) in [4.78, 5) is 0.132. The molecule has 0 aliphatic carbocycles. The van der Waals surface area contributed by atoms with Gasteiger partial charge in [-0.2, -0.15) is 4.31 Å². The van der Waals surface area contributed by atoms with Gasteiger partial charge in [-0.3, -0.25) is 0 Å². The van der Waals surface area contributed by atoms with E-state index in [0.29, 0.717) is 5.56 Å². The molecule has 0 atom stereocenters. The quantitative estimate of drug-likeness (QED) is 0.626. The molecule has 0 aromatic heterocycles. The van der Waals surface area contributed by atoms with E-state index in [1.165, 1.54) is 7.05 Å². The summed E-state index contributed by atoms with van der Waals surface area (Å²) in [5.41, 5.74) is 6.54. The highest BCUT2D eigenvalue weighted by Crippen LogP contribution is 2.24. The van der Waals surface area contributed by atoms with Crippen molar-refractivity contribution >= 4 is 15.7 Å². The van der Waals surface area contributed by atoms with Crippen molar-refractivity contribution in [1.29, 1.82) is 0 Å². The van der Waals surface area contributed by atoms with Crippen LogP contribution in [0.2, 0.25) is 0 Å². The molecule has 0 saturated carbocycles. The summed E-state index contributed by atoms with van der Waals surface area (Å²) in [5.74, 6) is 2.29. The van der Waals surface area contributed by atoms with Crippen molar-refractivity contribution in [3.8, 4) is 12.3 Å². The van der Waals surface area contributed by atoms with Gasteiger partial charge < -0.3 is 5.73 Å². The molecule has 5 heteroatoms. The molecule has 0 aliphatic heterocycles. The number of sulfonamides is 1. The molecular weight excluding hydrogens is 224 g/mol. The highest BCUT2D eigenvalue weighted by Gasteiger charge is 2.24. The van der Waals surface area contributed by atoms with Crippen LogP contribution < -0.4 is 5.73 Å². The summed E-state index contributed by atoms with van der Waals surface area (Å²) in [7, 11) is -2.17. The molecule has 0 bridgehead atoms. The van der Waals surface area contributed by atoms with E-state index in [1.54, 1.807) is 25.1 Å². The van der Waals surface area contributed by atoms with Crippen LogP contribution in [-0.2, 0) is 10.0 Å². The number of aryl methyl sites for hydroxylation is 1. The third-order valence-corrected chi connectivity index (χ3v) is 4.25.